The van der Waals surface area contributed by atoms with Crippen LogP contribution in [0, 0.1) is 25.2 Å². The van der Waals surface area contributed by atoms with E-state index in [-0.39, 0.29) is 17.5 Å². The molecule has 0 unspecified atom stereocenters. The van der Waals surface area contributed by atoms with Gasteiger partial charge in [-0.05, 0) is 25.1 Å². The lowest BCUT2D eigenvalue weighted by molar-refractivity contribution is 0.327. The van der Waals surface area contributed by atoms with Crippen LogP contribution in [0.2, 0.25) is 0 Å². The molecule has 0 spiro atoms. The number of aryl methyl sites for hydroxylation is 2. The van der Waals surface area contributed by atoms with Gasteiger partial charge in [0.25, 0.3) is 0 Å². The number of nitrogens with one attached hydrogen (secondary N) is 1. The largest absolute Gasteiger partial charge is 0.410 e. The van der Waals surface area contributed by atoms with Crippen LogP contribution in [0.4, 0.5) is 5.69 Å². The summed E-state index contributed by atoms with van der Waals surface area (Å²) in [6, 6.07) is 6.73. The van der Waals surface area contributed by atoms with Crippen LogP contribution in [-0.4, -0.2) is 29.6 Å². The molecule has 0 radical (unpaired) electrons. The first kappa shape index (κ1) is 18.3. The highest BCUT2D eigenvalue weighted by molar-refractivity contribution is 7.92. The van der Waals surface area contributed by atoms with Gasteiger partial charge in [0.1, 0.15) is 17.5 Å². The van der Waals surface area contributed by atoms with E-state index in [9.17, 15) is 8.42 Å². The Morgan fingerprint density at radius 3 is 2.63 bits per heavy atom. The van der Waals surface area contributed by atoms with Gasteiger partial charge in [0.2, 0.25) is 15.9 Å². The summed E-state index contributed by atoms with van der Waals surface area (Å²) in [6.45, 7) is 3.36. The van der Waals surface area contributed by atoms with Crippen molar-refractivity contribution in [1.82, 2.24) is 15.0 Å². The average Bonchev–Trinajstić information content (AvgIpc) is 2.92. The second kappa shape index (κ2) is 7.05. The maximum atomic E-state index is 11.6. The number of nitrogens with zero attached hydrogens (tertiary/aromatic N) is 4. The second-order valence-corrected chi connectivity index (χ2v) is 7.45. The number of anilines is 1. The summed E-state index contributed by atoms with van der Waals surface area (Å²) in [5, 5.41) is 9.03. The van der Waals surface area contributed by atoms with Crippen LogP contribution in [-0.2, 0) is 10.0 Å². The van der Waals surface area contributed by atoms with Crippen LogP contribution < -0.4 is 9.46 Å². The summed E-state index contributed by atoms with van der Waals surface area (Å²) in [5.41, 5.74) is 2.03. The first-order chi connectivity index (χ1) is 12.7. The Labute approximate surface area is 155 Å². The molecular formula is C17H15N5O4S. The van der Waals surface area contributed by atoms with Gasteiger partial charge in [-0.1, -0.05) is 0 Å². The number of pyridine rings is 2. The van der Waals surface area contributed by atoms with Crippen molar-refractivity contribution in [3.05, 3.63) is 47.7 Å². The third kappa shape index (κ3) is 4.39. The van der Waals surface area contributed by atoms with Gasteiger partial charge in [0.05, 0.1) is 17.5 Å². The number of rotatable bonds is 5. The number of hydrogen-bond acceptors (Lipinski definition) is 8. The molecule has 0 aliphatic heterocycles. The maximum Gasteiger partial charge on any atom is 0.315 e. The Balaban J connectivity index is 2.08. The predicted octanol–water partition coefficient (Wildman–Crippen LogP) is 2.78. The standard InChI is InChI=1S/C17H15N5O4S/c1-10-17(25-11(2)20-10)26-16-15(22-27(3,23)24)5-4-14(21-16)13-6-12(7-18)8-19-9-13/h4-6,8-9,22H,1-3H3. The highest BCUT2D eigenvalue weighted by Gasteiger charge is 2.17. The molecule has 3 aromatic rings. The minimum Gasteiger partial charge on any atom is -0.410 e. The molecule has 0 saturated heterocycles. The minimum atomic E-state index is -3.56. The van der Waals surface area contributed by atoms with Crippen molar-refractivity contribution in [1.29, 1.82) is 5.26 Å². The number of aromatic nitrogens is 3. The topological polar surface area (TPSA) is 131 Å². The van der Waals surface area contributed by atoms with E-state index in [0.29, 0.717) is 28.4 Å². The number of sulfonamides is 1. The molecule has 138 valence electrons. The van der Waals surface area contributed by atoms with Gasteiger partial charge in [0, 0.05) is 24.9 Å². The van der Waals surface area contributed by atoms with E-state index in [1.165, 1.54) is 12.3 Å². The fraction of sp³-hybridized carbons (Fsp3) is 0.176. The third-order valence-electron chi connectivity index (χ3n) is 3.37. The molecule has 27 heavy (non-hydrogen) atoms. The Hall–Kier alpha value is -3.45. The summed E-state index contributed by atoms with van der Waals surface area (Å²) in [6.07, 6.45) is 4.00. The van der Waals surface area contributed by atoms with E-state index >= 15 is 0 Å². The molecule has 0 aliphatic carbocycles. The Kier molecular flexibility index (Phi) is 4.79. The first-order valence-electron chi connectivity index (χ1n) is 7.71. The van der Waals surface area contributed by atoms with E-state index in [4.69, 9.17) is 14.4 Å². The minimum absolute atomic E-state index is 0.0143. The van der Waals surface area contributed by atoms with Crippen molar-refractivity contribution < 1.29 is 17.6 Å². The van der Waals surface area contributed by atoms with Crippen molar-refractivity contribution >= 4 is 15.7 Å². The molecule has 3 heterocycles. The van der Waals surface area contributed by atoms with E-state index in [1.807, 2.05) is 6.07 Å². The molecule has 0 fully saturated rings. The molecule has 0 amide bonds. The van der Waals surface area contributed by atoms with Crippen molar-refractivity contribution in [2.45, 2.75) is 13.8 Å². The van der Waals surface area contributed by atoms with Gasteiger partial charge >= 0.3 is 5.95 Å². The summed E-state index contributed by atoms with van der Waals surface area (Å²) in [7, 11) is -3.56. The molecule has 3 rings (SSSR count). The summed E-state index contributed by atoms with van der Waals surface area (Å²) in [4.78, 5) is 12.5. The number of ether oxygens (including phenoxy) is 1. The molecule has 9 nitrogen and oxygen atoms in total. The van der Waals surface area contributed by atoms with Crippen LogP contribution in [0.5, 0.6) is 11.8 Å². The van der Waals surface area contributed by atoms with Crippen LogP contribution in [0.15, 0.2) is 35.0 Å². The molecule has 1 N–H and O–H groups in total. The molecular weight excluding hydrogens is 370 g/mol. The average molecular weight is 385 g/mol. The summed E-state index contributed by atoms with van der Waals surface area (Å²) >= 11 is 0. The lowest BCUT2D eigenvalue weighted by Gasteiger charge is -2.11. The molecule has 0 atom stereocenters. The molecule has 0 aliphatic rings. The maximum absolute atomic E-state index is 11.6. The summed E-state index contributed by atoms with van der Waals surface area (Å²) < 4.78 is 36.7. The van der Waals surface area contributed by atoms with Gasteiger partial charge in [0.15, 0.2) is 5.89 Å². The van der Waals surface area contributed by atoms with Gasteiger partial charge in [-0.25, -0.2) is 18.4 Å². The predicted molar refractivity (Wildman–Crippen MR) is 96.7 cm³/mol. The van der Waals surface area contributed by atoms with Gasteiger partial charge < -0.3 is 9.15 Å². The molecule has 0 aromatic carbocycles. The van der Waals surface area contributed by atoms with Crippen LogP contribution >= 0.6 is 0 Å². The molecule has 10 heteroatoms. The van der Waals surface area contributed by atoms with Crippen molar-refractivity contribution in [2.24, 2.45) is 0 Å². The van der Waals surface area contributed by atoms with Gasteiger partial charge in [-0.3, -0.25) is 9.71 Å². The van der Waals surface area contributed by atoms with E-state index in [1.54, 1.807) is 32.2 Å². The lowest BCUT2D eigenvalue weighted by atomic mass is 10.1. The third-order valence-corrected chi connectivity index (χ3v) is 3.96. The number of hydrogen-bond donors (Lipinski definition) is 1. The Morgan fingerprint density at radius 1 is 1.22 bits per heavy atom. The Morgan fingerprint density at radius 2 is 2.00 bits per heavy atom. The SMILES string of the molecule is Cc1nc(C)c(Oc2nc(-c3cncc(C#N)c3)ccc2NS(C)(=O)=O)o1. The van der Waals surface area contributed by atoms with E-state index in [0.717, 1.165) is 6.26 Å². The lowest BCUT2D eigenvalue weighted by Crippen LogP contribution is -2.11. The number of nitriles is 1. The summed E-state index contributed by atoms with van der Waals surface area (Å²) in [5.74, 6) is 0.499. The normalized spacial score (nSPS) is 11.0. The monoisotopic (exact) mass is 385 g/mol. The highest BCUT2D eigenvalue weighted by atomic mass is 32.2. The quantitative estimate of drug-likeness (QED) is 0.709. The zero-order valence-electron chi connectivity index (χ0n) is 14.7. The van der Waals surface area contributed by atoms with Crippen molar-refractivity contribution in [2.75, 3.05) is 11.0 Å². The van der Waals surface area contributed by atoms with Crippen LogP contribution in [0.1, 0.15) is 17.1 Å². The second-order valence-electron chi connectivity index (χ2n) is 5.71. The van der Waals surface area contributed by atoms with Crippen molar-refractivity contribution in [3.8, 4) is 29.2 Å². The zero-order chi connectivity index (χ0) is 19.6. The number of oxazole rings is 1. The van der Waals surface area contributed by atoms with Crippen molar-refractivity contribution in [3.63, 3.8) is 0 Å². The Bertz CT molecular complexity index is 1150. The zero-order valence-corrected chi connectivity index (χ0v) is 15.5. The molecule has 3 aromatic heterocycles. The van der Waals surface area contributed by atoms with E-state index in [2.05, 4.69) is 19.7 Å². The highest BCUT2D eigenvalue weighted by Crippen LogP contribution is 2.33. The van der Waals surface area contributed by atoms with E-state index < -0.39 is 10.0 Å². The van der Waals surface area contributed by atoms with Gasteiger partial charge in [-0.15, -0.1) is 0 Å². The van der Waals surface area contributed by atoms with Crippen LogP contribution in [0.3, 0.4) is 0 Å². The fourth-order valence-electron chi connectivity index (χ4n) is 2.29. The smallest absolute Gasteiger partial charge is 0.315 e. The first-order valence-corrected chi connectivity index (χ1v) is 9.60. The van der Waals surface area contributed by atoms with Crippen LogP contribution in [0.25, 0.3) is 11.3 Å². The fourth-order valence-corrected chi connectivity index (χ4v) is 2.85. The van der Waals surface area contributed by atoms with Gasteiger partial charge in [-0.2, -0.15) is 5.26 Å². The molecule has 0 saturated carbocycles. The molecule has 0 bridgehead atoms.